The van der Waals surface area contributed by atoms with Crippen molar-refractivity contribution in [2.75, 3.05) is 42.0 Å². The van der Waals surface area contributed by atoms with Crippen molar-refractivity contribution in [3.63, 3.8) is 0 Å². The van der Waals surface area contributed by atoms with Crippen LogP contribution in [0, 0.1) is 13.8 Å². The van der Waals surface area contributed by atoms with Gasteiger partial charge < -0.3 is 28.4 Å². The quantitative estimate of drug-likeness (QED) is 0.324. The number of ether oxygens (including phenoxy) is 6. The second kappa shape index (κ2) is 14.9. The number of hydrogen-bond donors (Lipinski definition) is 0. The van der Waals surface area contributed by atoms with Gasteiger partial charge >= 0.3 is 0 Å². The van der Waals surface area contributed by atoms with Crippen molar-refractivity contribution in [3.05, 3.63) is 56.6 Å². The molecule has 0 aliphatic heterocycles. The van der Waals surface area contributed by atoms with Crippen LogP contribution >= 0.6 is 15.9 Å². The topological polar surface area (TPSA) is 72.5 Å². The molecule has 0 aliphatic carbocycles. The maximum Gasteiger partial charge on any atom is 0.188 e. The third-order valence-corrected chi connectivity index (χ3v) is 4.91. The second-order valence-electron chi connectivity index (χ2n) is 6.66. The van der Waals surface area contributed by atoms with E-state index in [1.165, 1.54) is 7.11 Å². The van der Waals surface area contributed by atoms with Gasteiger partial charge in [-0.15, -0.1) is 0 Å². The standard InChI is InChI=1S/C12H16O4.C11H15BrO3/c1-9-4-10(7-14-2)11(6-13)12(5-9)16-8-15-3;1-8-4-9(6-13-2)11(12)10(5-8)15-7-14-3/h4-6H,7-8H2,1-3H3;4-5H,6-7H2,1-3H3. The molecule has 2 aromatic rings. The lowest BCUT2D eigenvalue weighted by Gasteiger charge is -2.12. The number of rotatable bonds is 11. The molecule has 172 valence electrons. The Balaban J connectivity index is 0.000000311. The summed E-state index contributed by atoms with van der Waals surface area (Å²) in [6.45, 7) is 5.27. The normalized spacial score (nSPS) is 10.3. The van der Waals surface area contributed by atoms with E-state index >= 15 is 0 Å². The fraction of sp³-hybridized carbons (Fsp3) is 0.435. The summed E-state index contributed by atoms with van der Waals surface area (Å²) in [6.07, 6.45) is 0.777. The third-order valence-electron chi connectivity index (χ3n) is 4.01. The molecule has 0 radical (unpaired) electrons. The predicted molar refractivity (Wildman–Crippen MR) is 122 cm³/mol. The molecule has 0 bridgehead atoms. The highest BCUT2D eigenvalue weighted by molar-refractivity contribution is 9.10. The summed E-state index contributed by atoms with van der Waals surface area (Å²) in [7, 11) is 6.39. The van der Waals surface area contributed by atoms with Crippen molar-refractivity contribution < 1.29 is 33.2 Å². The highest BCUT2D eigenvalue weighted by Crippen LogP contribution is 2.31. The van der Waals surface area contributed by atoms with Crippen LogP contribution < -0.4 is 9.47 Å². The Labute approximate surface area is 192 Å². The van der Waals surface area contributed by atoms with Gasteiger partial charge in [-0.2, -0.15) is 0 Å². The summed E-state index contributed by atoms with van der Waals surface area (Å²) in [6, 6.07) is 7.74. The zero-order valence-electron chi connectivity index (χ0n) is 19.0. The predicted octanol–water partition coefficient (Wildman–Crippen LogP) is 4.82. The van der Waals surface area contributed by atoms with Crippen LogP contribution in [-0.2, 0) is 32.2 Å². The van der Waals surface area contributed by atoms with Crippen LogP contribution in [0.5, 0.6) is 11.5 Å². The molecule has 0 fully saturated rings. The largest absolute Gasteiger partial charge is 0.467 e. The minimum absolute atomic E-state index is 0.122. The molecule has 0 unspecified atom stereocenters. The molecule has 8 heteroatoms. The average molecular weight is 499 g/mol. The SMILES string of the molecule is COCOc1cc(C)cc(COC)c1Br.COCOc1cc(C)cc(COC)c1C=O. The van der Waals surface area contributed by atoms with Gasteiger partial charge in [0.1, 0.15) is 11.5 Å². The van der Waals surface area contributed by atoms with E-state index in [4.69, 9.17) is 28.4 Å². The molecular weight excluding hydrogens is 468 g/mol. The van der Waals surface area contributed by atoms with Crippen LogP contribution in [0.3, 0.4) is 0 Å². The molecule has 0 atom stereocenters. The smallest absolute Gasteiger partial charge is 0.188 e. The van der Waals surface area contributed by atoms with Crippen LogP contribution in [0.2, 0.25) is 0 Å². The van der Waals surface area contributed by atoms with Gasteiger partial charge in [0.15, 0.2) is 19.9 Å². The van der Waals surface area contributed by atoms with Crippen molar-refractivity contribution in [1.29, 1.82) is 0 Å². The van der Waals surface area contributed by atoms with Gasteiger partial charge in [-0.1, -0.05) is 12.1 Å². The monoisotopic (exact) mass is 498 g/mol. The summed E-state index contributed by atoms with van der Waals surface area (Å²) in [5.41, 5.74) is 4.57. The first-order valence-corrected chi connectivity index (χ1v) is 10.3. The third kappa shape index (κ3) is 8.96. The minimum atomic E-state index is 0.122. The van der Waals surface area contributed by atoms with Crippen molar-refractivity contribution >= 4 is 22.2 Å². The first-order valence-electron chi connectivity index (χ1n) is 9.50. The highest BCUT2D eigenvalue weighted by Gasteiger charge is 2.10. The molecule has 31 heavy (non-hydrogen) atoms. The summed E-state index contributed by atoms with van der Waals surface area (Å²) >= 11 is 3.49. The van der Waals surface area contributed by atoms with E-state index in [1.54, 1.807) is 21.3 Å². The van der Waals surface area contributed by atoms with Gasteiger partial charge in [0.05, 0.1) is 23.2 Å². The van der Waals surface area contributed by atoms with E-state index in [-0.39, 0.29) is 13.6 Å². The van der Waals surface area contributed by atoms with E-state index in [0.29, 0.717) is 24.5 Å². The average Bonchev–Trinajstić information content (AvgIpc) is 2.74. The van der Waals surface area contributed by atoms with Gasteiger partial charge in [-0.3, -0.25) is 4.79 Å². The molecule has 0 saturated carbocycles. The molecule has 0 N–H and O–H groups in total. The molecule has 0 amide bonds. The lowest BCUT2D eigenvalue weighted by atomic mass is 10.0. The molecule has 2 aromatic carbocycles. The Bertz CT molecular complexity index is 824. The Morgan fingerprint density at radius 2 is 1.23 bits per heavy atom. The first-order chi connectivity index (χ1) is 14.9. The van der Waals surface area contributed by atoms with Crippen molar-refractivity contribution in [2.24, 2.45) is 0 Å². The number of hydrogen-bond acceptors (Lipinski definition) is 7. The zero-order chi connectivity index (χ0) is 23.2. The van der Waals surface area contributed by atoms with Gasteiger partial charge in [-0.25, -0.2) is 0 Å². The number of aryl methyl sites for hydroxylation is 2. The molecule has 2 rings (SSSR count). The first kappa shape index (κ1) is 27.1. The van der Waals surface area contributed by atoms with E-state index < -0.39 is 0 Å². The molecular formula is C23H31BrO7. The van der Waals surface area contributed by atoms with Gasteiger partial charge in [-0.05, 0) is 64.2 Å². The molecule has 0 heterocycles. The van der Waals surface area contributed by atoms with Crippen molar-refractivity contribution in [3.8, 4) is 11.5 Å². The lowest BCUT2D eigenvalue weighted by molar-refractivity contribution is 0.0501. The number of carbonyl (C=O) groups is 1. The number of halogens is 1. The Kier molecular flexibility index (Phi) is 13.0. The molecule has 0 aliphatic rings. The fourth-order valence-electron chi connectivity index (χ4n) is 2.78. The maximum atomic E-state index is 11.0. The van der Waals surface area contributed by atoms with Crippen molar-refractivity contribution in [2.45, 2.75) is 27.1 Å². The summed E-state index contributed by atoms with van der Waals surface area (Å²) in [5.74, 6) is 1.31. The van der Waals surface area contributed by atoms with Gasteiger partial charge in [0.25, 0.3) is 0 Å². The van der Waals surface area contributed by atoms with Crippen LogP contribution in [0.4, 0.5) is 0 Å². The molecule has 7 nitrogen and oxygen atoms in total. The number of benzene rings is 2. The van der Waals surface area contributed by atoms with Crippen molar-refractivity contribution in [1.82, 2.24) is 0 Å². The fourth-order valence-corrected chi connectivity index (χ4v) is 3.24. The van der Waals surface area contributed by atoms with E-state index in [2.05, 4.69) is 22.0 Å². The zero-order valence-corrected chi connectivity index (χ0v) is 20.5. The van der Waals surface area contributed by atoms with Crippen LogP contribution in [0.25, 0.3) is 0 Å². The Hall–Kier alpha value is -1.97. The lowest BCUT2D eigenvalue weighted by Crippen LogP contribution is -2.05. The summed E-state index contributed by atoms with van der Waals surface area (Å²) < 4.78 is 31.5. The van der Waals surface area contributed by atoms with E-state index in [0.717, 1.165) is 38.8 Å². The summed E-state index contributed by atoms with van der Waals surface area (Å²) in [4.78, 5) is 11.0. The van der Waals surface area contributed by atoms with Gasteiger partial charge in [0, 0.05) is 28.4 Å². The van der Waals surface area contributed by atoms with Crippen LogP contribution in [0.1, 0.15) is 32.6 Å². The number of methoxy groups -OCH3 is 4. The Morgan fingerprint density at radius 3 is 1.74 bits per heavy atom. The number of aldehydes is 1. The molecule has 0 spiro atoms. The number of carbonyl (C=O) groups excluding carboxylic acids is 1. The highest BCUT2D eigenvalue weighted by atomic mass is 79.9. The van der Waals surface area contributed by atoms with Crippen LogP contribution in [0.15, 0.2) is 28.7 Å². The maximum absolute atomic E-state index is 11.0. The van der Waals surface area contributed by atoms with Gasteiger partial charge in [0.2, 0.25) is 0 Å². The molecule has 0 aromatic heterocycles. The van der Waals surface area contributed by atoms with E-state index in [9.17, 15) is 4.79 Å². The minimum Gasteiger partial charge on any atom is -0.467 e. The summed E-state index contributed by atoms with van der Waals surface area (Å²) in [5, 5.41) is 0. The van der Waals surface area contributed by atoms with Crippen LogP contribution in [-0.4, -0.2) is 48.3 Å². The van der Waals surface area contributed by atoms with E-state index in [1.807, 2.05) is 32.0 Å². The Morgan fingerprint density at radius 1 is 0.742 bits per heavy atom. The second-order valence-corrected chi connectivity index (χ2v) is 7.45. The molecule has 0 saturated heterocycles.